The first kappa shape index (κ1) is 36.3. The minimum atomic E-state index is -0.470. The van der Waals surface area contributed by atoms with Crippen LogP contribution in [-0.4, -0.2) is 19.9 Å². The Labute approximate surface area is 378 Å². The molecule has 0 atom stereocenters. The van der Waals surface area contributed by atoms with Crippen molar-refractivity contribution in [2.24, 2.45) is 0 Å². The van der Waals surface area contributed by atoms with Crippen molar-refractivity contribution < 1.29 is 4.42 Å². The van der Waals surface area contributed by atoms with Crippen molar-refractivity contribution in [2.75, 3.05) is 0 Å². The minimum absolute atomic E-state index is 0.470. The van der Waals surface area contributed by atoms with Crippen molar-refractivity contribution in [3.8, 4) is 56.5 Å². The van der Waals surface area contributed by atoms with Crippen LogP contribution in [0.2, 0.25) is 0 Å². The zero-order valence-electron chi connectivity index (χ0n) is 34.7. The van der Waals surface area contributed by atoms with Gasteiger partial charge in [0.25, 0.3) is 0 Å². The van der Waals surface area contributed by atoms with E-state index in [0.717, 1.165) is 66.2 Å². The van der Waals surface area contributed by atoms with Crippen LogP contribution in [0, 0.1) is 0 Å². The van der Waals surface area contributed by atoms with E-state index in [1.807, 2.05) is 72.4 Å². The second-order valence-corrected chi connectivity index (χ2v) is 17.9. The van der Waals surface area contributed by atoms with E-state index >= 15 is 0 Å². The van der Waals surface area contributed by atoms with Gasteiger partial charge in [-0.2, -0.15) is 0 Å². The third-order valence-electron chi connectivity index (χ3n) is 13.4. The molecule has 0 amide bonds. The lowest BCUT2D eigenvalue weighted by Gasteiger charge is -2.39. The molecule has 0 saturated heterocycles. The molecule has 4 heterocycles. The topological polar surface area (TPSA) is 64.7 Å². The van der Waals surface area contributed by atoms with E-state index in [9.17, 15) is 0 Å². The van der Waals surface area contributed by atoms with Crippen molar-refractivity contribution in [1.82, 2.24) is 19.9 Å². The van der Waals surface area contributed by atoms with E-state index in [1.165, 1.54) is 48.6 Å². The Morgan fingerprint density at radius 3 is 1.72 bits per heavy atom. The number of nitrogens with zero attached hydrogens (tertiary/aromatic N) is 4. The first-order chi connectivity index (χ1) is 32.2. The molecule has 0 fully saturated rings. The van der Waals surface area contributed by atoms with Crippen LogP contribution in [0.3, 0.4) is 0 Å². The van der Waals surface area contributed by atoms with Gasteiger partial charge < -0.3 is 4.42 Å². The number of aromatic nitrogens is 4. The second-order valence-electron chi connectivity index (χ2n) is 16.8. The van der Waals surface area contributed by atoms with Gasteiger partial charge in [0.2, 0.25) is 0 Å². The van der Waals surface area contributed by atoms with Crippen LogP contribution < -0.4 is 0 Å². The molecule has 0 unspecified atom stereocenters. The molecular formula is C59H34N4OS. The highest BCUT2D eigenvalue weighted by Gasteiger charge is 2.50. The van der Waals surface area contributed by atoms with Gasteiger partial charge in [0.05, 0.1) is 22.2 Å². The lowest BCUT2D eigenvalue weighted by molar-refractivity contribution is 0.669. The number of hydrogen-bond donors (Lipinski definition) is 0. The van der Waals surface area contributed by atoms with Gasteiger partial charge in [-0.3, -0.25) is 0 Å². The molecule has 5 nitrogen and oxygen atoms in total. The number of benzene rings is 9. The van der Waals surface area contributed by atoms with Crippen LogP contribution >= 0.6 is 11.8 Å². The number of pyridine rings is 1. The quantitative estimate of drug-likeness (QED) is 0.164. The van der Waals surface area contributed by atoms with Crippen molar-refractivity contribution in [2.45, 2.75) is 15.2 Å². The molecule has 0 radical (unpaired) electrons. The zero-order chi connectivity index (χ0) is 42.6. The summed E-state index contributed by atoms with van der Waals surface area (Å²) in [6.07, 6.45) is 0. The largest absolute Gasteiger partial charge is 0.455 e. The van der Waals surface area contributed by atoms with E-state index in [4.69, 9.17) is 24.4 Å². The lowest BCUT2D eigenvalue weighted by atomic mass is 9.67. The van der Waals surface area contributed by atoms with E-state index in [-0.39, 0.29) is 0 Å². The lowest BCUT2D eigenvalue weighted by Crippen LogP contribution is -2.31. The van der Waals surface area contributed by atoms with Crippen LogP contribution in [0.25, 0.3) is 100 Å². The molecule has 65 heavy (non-hydrogen) atoms. The van der Waals surface area contributed by atoms with Crippen LogP contribution in [0.1, 0.15) is 22.3 Å². The monoisotopic (exact) mass is 846 g/mol. The Morgan fingerprint density at radius 1 is 0.354 bits per heavy atom. The summed E-state index contributed by atoms with van der Waals surface area (Å²) in [7, 11) is 0. The van der Waals surface area contributed by atoms with Crippen LogP contribution in [0.15, 0.2) is 220 Å². The van der Waals surface area contributed by atoms with Crippen molar-refractivity contribution in [1.29, 1.82) is 0 Å². The molecule has 6 heteroatoms. The zero-order valence-corrected chi connectivity index (χ0v) is 35.6. The molecule has 9 aromatic carbocycles. The maximum absolute atomic E-state index is 6.46. The van der Waals surface area contributed by atoms with E-state index in [1.54, 1.807) is 0 Å². The average Bonchev–Trinajstić information content (AvgIpc) is 3.89. The number of fused-ring (bicyclic) bond motifs is 15. The molecule has 1 spiro atoms. The van der Waals surface area contributed by atoms with Gasteiger partial charge in [-0.15, -0.1) is 0 Å². The molecule has 12 aromatic rings. The standard InChI is InChI=1S/C59H34N4OS/c1-2-15-36(16-3-1)56-61-57(63-58(62-56)42-21-14-20-41-40-19-6-11-26-51(40)64-55(41)42)37-31-29-35(30-32-37)54-45-33-44-38-17-4-7-22-46(38)59(49(44)34-43(45)39-18-5-10-25-50(39)60-54)47-23-8-12-27-52(47)65-53-28-13-9-24-48(53)59/h1-34H. The molecule has 0 bridgehead atoms. The Kier molecular flexibility index (Phi) is 7.77. The minimum Gasteiger partial charge on any atom is -0.455 e. The Morgan fingerprint density at radius 2 is 0.938 bits per heavy atom. The fourth-order valence-corrected chi connectivity index (χ4v) is 11.8. The number of rotatable bonds is 4. The molecule has 1 aliphatic heterocycles. The van der Waals surface area contributed by atoms with Crippen molar-refractivity contribution >= 4 is 55.4 Å². The number of para-hydroxylation sites is 3. The summed E-state index contributed by atoms with van der Waals surface area (Å²) < 4.78 is 6.46. The smallest absolute Gasteiger partial charge is 0.167 e. The summed E-state index contributed by atoms with van der Waals surface area (Å²) in [4.78, 5) is 23.3. The Bertz CT molecular complexity index is 3890. The molecule has 1 aliphatic carbocycles. The normalized spacial score (nSPS) is 13.3. The Balaban J connectivity index is 0.960. The fraction of sp³-hybridized carbons (Fsp3) is 0.0169. The van der Waals surface area contributed by atoms with Gasteiger partial charge in [0, 0.05) is 48.0 Å². The van der Waals surface area contributed by atoms with Crippen molar-refractivity contribution in [3.05, 3.63) is 229 Å². The molecule has 2 aliphatic rings. The second kappa shape index (κ2) is 13.9. The van der Waals surface area contributed by atoms with Gasteiger partial charge in [0.1, 0.15) is 11.2 Å². The van der Waals surface area contributed by atoms with E-state index in [2.05, 4.69) is 146 Å². The highest BCUT2D eigenvalue weighted by molar-refractivity contribution is 7.99. The van der Waals surface area contributed by atoms with Gasteiger partial charge in [0.15, 0.2) is 17.5 Å². The SMILES string of the molecule is c1ccc(-c2nc(-c3ccc(-c4nc5ccccc5c5cc6c(cc45)-c4ccccc4C64c5ccccc5Sc5ccccc54)cc3)nc(-c3cccc4c3oc3ccccc34)n2)cc1. The summed E-state index contributed by atoms with van der Waals surface area (Å²) in [5, 5.41) is 5.51. The number of furan rings is 1. The predicted octanol–water partition coefficient (Wildman–Crippen LogP) is 15.0. The molecule has 3 aromatic heterocycles. The maximum atomic E-state index is 6.46. The third-order valence-corrected chi connectivity index (χ3v) is 14.5. The summed E-state index contributed by atoms with van der Waals surface area (Å²) in [5.74, 6) is 1.73. The molecular weight excluding hydrogens is 813 g/mol. The summed E-state index contributed by atoms with van der Waals surface area (Å²) in [6, 6.07) is 73.3. The summed E-state index contributed by atoms with van der Waals surface area (Å²) in [6.45, 7) is 0. The van der Waals surface area contributed by atoms with Crippen molar-refractivity contribution in [3.63, 3.8) is 0 Å². The van der Waals surface area contributed by atoms with Crippen LogP contribution in [0.4, 0.5) is 0 Å². The first-order valence-electron chi connectivity index (χ1n) is 21.9. The van der Waals surface area contributed by atoms with Gasteiger partial charge in [-0.25, -0.2) is 19.9 Å². The highest BCUT2D eigenvalue weighted by Crippen LogP contribution is 2.63. The van der Waals surface area contributed by atoms with Crippen LogP contribution in [0.5, 0.6) is 0 Å². The Hall–Kier alpha value is -8.19. The van der Waals surface area contributed by atoms with E-state index < -0.39 is 5.41 Å². The fourth-order valence-electron chi connectivity index (χ4n) is 10.6. The maximum Gasteiger partial charge on any atom is 0.167 e. The van der Waals surface area contributed by atoms with E-state index in [0.29, 0.717) is 17.5 Å². The van der Waals surface area contributed by atoms with Gasteiger partial charge in [-0.1, -0.05) is 176 Å². The average molecular weight is 847 g/mol. The summed E-state index contributed by atoms with van der Waals surface area (Å²) in [5.41, 5.74) is 14.4. The molecule has 0 saturated carbocycles. The third kappa shape index (κ3) is 5.29. The van der Waals surface area contributed by atoms with Gasteiger partial charge in [-0.05, 0) is 81.2 Å². The first-order valence-corrected chi connectivity index (χ1v) is 22.7. The molecule has 302 valence electrons. The highest BCUT2D eigenvalue weighted by atomic mass is 32.2. The molecule has 0 N–H and O–H groups in total. The number of hydrogen-bond acceptors (Lipinski definition) is 6. The van der Waals surface area contributed by atoms with Crippen LogP contribution in [-0.2, 0) is 5.41 Å². The van der Waals surface area contributed by atoms with Gasteiger partial charge >= 0.3 is 0 Å². The summed E-state index contributed by atoms with van der Waals surface area (Å²) >= 11 is 1.87. The predicted molar refractivity (Wildman–Crippen MR) is 263 cm³/mol. The molecule has 14 rings (SSSR count).